The fourth-order valence-corrected chi connectivity index (χ4v) is 6.88. The zero-order valence-corrected chi connectivity index (χ0v) is 17.4. The van der Waals surface area contributed by atoms with Gasteiger partial charge in [-0.05, 0) is 0 Å². The fourth-order valence-electron chi connectivity index (χ4n) is 1.32. The van der Waals surface area contributed by atoms with Crippen molar-refractivity contribution in [3.8, 4) is 0 Å². The van der Waals surface area contributed by atoms with E-state index in [0.29, 0.717) is 50.1 Å². The molecule has 0 aromatic carbocycles. The molecule has 0 rings (SSSR count). The molecule has 0 amide bonds. The second kappa shape index (κ2) is 11.0. The first-order chi connectivity index (χ1) is 9.67. The van der Waals surface area contributed by atoms with E-state index in [1.807, 2.05) is 0 Å². The number of hydrogen-bond acceptors (Lipinski definition) is 4. The Labute approximate surface area is 135 Å². The first-order valence-corrected chi connectivity index (χ1v) is 11.6. The monoisotopic (exact) mass is 366 g/mol. The molecule has 0 aliphatic rings. The van der Waals surface area contributed by atoms with Gasteiger partial charge in [0.2, 0.25) is 0 Å². The summed E-state index contributed by atoms with van der Waals surface area (Å²) < 4.78 is 24.3. The van der Waals surface area contributed by atoms with Crippen LogP contribution in [-0.4, -0.2) is 41.0 Å². The van der Waals surface area contributed by atoms with Crippen LogP contribution in [0.4, 0.5) is 0 Å². The molecule has 4 nitrogen and oxygen atoms in total. The summed E-state index contributed by atoms with van der Waals surface area (Å²) in [4.78, 5) is 0. The average Bonchev–Trinajstić information content (AvgIpc) is 2.36. The molecule has 0 saturated carbocycles. The molecular formula is C16H36GeO4. The summed E-state index contributed by atoms with van der Waals surface area (Å²) in [6.45, 7) is 19.5. The van der Waals surface area contributed by atoms with Crippen LogP contribution < -0.4 is 0 Å². The van der Waals surface area contributed by atoms with Gasteiger partial charge in [-0.3, -0.25) is 0 Å². The molecule has 0 unspecified atom stereocenters. The van der Waals surface area contributed by atoms with Crippen molar-refractivity contribution in [3.05, 3.63) is 0 Å². The van der Waals surface area contributed by atoms with E-state index in [-0.39, 0.29) is 0 Å². The maximum atomic E-state index is 6.06. The van der Waals surface area contributed by atoms with Gasteiger partial charge in [-0.15, -0.1) is 0 Å². The van der Waals surface area contributed by atoms with Gasteiger partial charge in [0.15, 0.2) is 0 Å². The van der Waals surface area contributed by atoms with Crippen LogP contribution in [0.15, 0.2) is 0 Å². The Morgan fingerprint density at radius 2 is 0.667 bits per heavy atom. The van der Waals surface area contributed by atoms with Crippen LogP contribution in [0, 0.1) is 23.7 Å². The van der Waals surface area contributed by atoms with Gasteiger partial charge in [0.05, 0.1) is 0 Å². The Bertz CT molecular complexity index is 201. The van der Waals surface area contributed by atoms with Crippen molar-refractivity contribution in [2.45, 2.75) is 55.4 Å². The van der Waals surface area contributed by atoms with Gasteiger partial charge in [-0.25, -0.2) is 0 Å². The molecule has 21 heavy (non-hydrogen) atoms. The molecule has 0 aromatic heterocycles. The van der Waals surface area contributed by atoms with E-state index in [1.165, 1.54) is 0 Å². The summed E-state index contributed by atoms with van der Waals surface area (Å²) >= 11 is -3.63. The third-order valence-corrected chi connectivity index (χ3v) is 6.74. The third kappa shape index (κ3) is 11.6. The minimum atomic E-state index is -3.63. The Hall–Kier alpha value is 0.383. The van der Waals surface area contributed by atoms with Gasteiger partial charge in [0.1, 0.15) is 0 Å². The zero-order chi connectivity index (χ0) is 16.5. The first-order valence-electron chi connectivity index (χ1n) is 8.22. The molecule has 0 bridgehead atoms. The van der Waals surface area contributed by atoms with Gasteiger partial charge in [0.25, 0.3) is 0 Å². The molecule has 0 aromatic rings. The SMILES string of the molecule is CC(C)C[O][Ge]([O]CC(C)C)([O]CC(C)C)[O]CC(C)C. The molecule has 0 aliphatic heterocycles. The van der Waals surface area contributed by atoms with Crippen LogP contribution >= 0.6 is 0 Å². The summed E-state index contributed by atoms with van der Waals surface area (Å²) in [6.07, 6.45) is 0. The molecule has 0 aliphatic carbocycles. The van der Waals surface area contributed by atoms with Crippen molar-refractivity contribution in [2.75, 3.05) is 26.4 Å². The molecule has 128 valence electrons. The predicted octanol–water partition coefficient (Wildman–Crippen LogP) is 4.11. The van der Waals surface area contributed by atoms with Crippen LogP contribution in [0.1, 0.15) is 55.4 Å². The first kappa shape index (κ1) is 21.4. The Morgan fingerprint density at radius 3 is 0.810 bits per heavy atom. The van der Waals surface area contributed by atoms with Crippen molar-refractivity contribution >= 4 is 14.6 Å². The normalized spacial score (nSPS) is 13.1. The van der Waals surface area contributed by atoms with Crippen LogP contribution in [0.2, 0.25) is 0 Å². The summed E-state index contributed by atoms with van der Waals surface area (Å²) in [5, 5.41) is 0. The zero-order valence-electron chi connectivity index (χ0n) is 15.3. The van der Waals surface area contributed by atoms with Crippen LogP contribution in [0.3, 0.4) is 0 Å². The van der Waals surface area contributed by atoms with Crippen molar-refractivity contribution in [3.63, 3.8) is 0 Å². The topological polar surface area (TPSA) is 36.9 Å². The summed E-state index contributed by atoms with van der Waals surface area (Å²) in [5.41, 5.74) is 0. The summed E-state index contributed by atoms with van der Waals surface area (Å²) in [6, 6.07) is 0. The fraction of sp³-hybridized carbons (Fsp3) is 1.00. The standard InChI is InChI=1S/C16H36GeO4/c1-13(2)9-18-17(19-10-14(3)4,20-11-15(5)6)21-12-16(7)8/h13-16H,9-12H2,1-8H3. The van der Waals surface area contributed by atoms with E-state index in [2.05, 4.69) is 55.4 Å². The van der Waals surface area contributed by atoms with E-state index in [9.17, 15) is 0 Å². The minimum absolute atomic E-state index is 0.433. The van der Waals surface area contributed by atoms with E-state index >= 15 is 0 Å². The quantitative estimate of drug-likeness (QED) is 0.488. The molecule has 0 spiro atoms. The molecule has 0 fully saturated rings. The molecule has 5 heteroatoms. The Kier molecular flexibility index (Phi) is 11.2. The molecule has 0 heterocycles. The second-order valence-electron chi connectivity index (χ2n) is 7.32. The second-order valence-corrected chi connectivity index (χ2v) is 11.8. The average molecular weight is 365 g/mol. The van der Waals surface area contributed by atoms with Gasteiger partial charge in [-0.1, -0.05) is 0 Å². The number of hydrogen-bond donors (Lipinski definition) is 0. The van der Waals surface area contributed by atoms with Crippen LogP contribution in [0.5, 0.6) is 0 Å². The van der Waals surface area contributed by atoms with E-state index < -0.39 is 14.6 Å². The van der Waals surface area contributed by atoms with Gasteiger partial charge in [0, 0.05) is 0 Å². The van der Waals surface area contributed by atoms with Crippen molar-refractivity contribution in [1.82, 2.24) is 0 Å². The van der Waals surface area contributed by atoms with Crippen molar-refractivity contribution in [2.24, 2.45) is 23.7 Å². The van der Waals surface area contributed by atoms with Gasteiger partial charge < -0.3 is 0 Å². The molecule has 0 radical (unpaired) electrons. The maximum absolute atomic E-state index is 6.06. The van der Waals surface area contributed by atoms with E-state index in [1.54, 1.807) is 0 Å². The van der Waals surface area contributed by atoms with Crippen LogP contribution in [-0.2, 0) is 15.1 Å². The van der Waals surface area contributed by atoms with Gasteiger partial charge in [-0.2, -0.15) is 0 Å². The number of rotatable bonds is 12. The van der Waals surface area contributed by atoms with Crippen molar-refractivity contribution in [1.29, 1.82) is 0 Å². The molecule has 0 saturated heterocycles. The molecular weight excluding hydrogens is 329 g/mol. The van der Waals surface area contributed by atoms with Gasteiger partial charge >= 0.3 is 135 Å². The molecule has 0 N–H and O–H groups in total. The predicted molar refractivity (Wildman–Crippen MR) is 88.9 cm³/mol. The summed E-state index contributed by atoms with van der Waals surface area (Å²) in [7, 11) is 0. The third-order valence-electron chi connectivity index (χ3n) is 2.37. The summed E-state index contributed by atoms with van der Waals surface area (Å²) in [5.74, 6) is 1.73. The van der Waals surface area contributed by atoms with Crippen molar-refractivity contribution < 1.29 is 15.1 Å². The van der Waals surface area contributed by atoms with Crippen LogP contribution in [0.25, 0.3) is 0 Å². The Morgan fingerprint density at radius 1 is 0.476 bits per heavy atom. The molecule has 0 atom stereocenters. The Balaban J connectivity index is 4.85. The van der Waals surface area contributed by atoms with E-state index in [4.69, 9.17) is 15.1 Å². The van der Waals surface area contributed by atoms with E-state index in [0.717, 1.165) is 0 Å².